The summed E-state index contributed by atoms with van der Waals surface area (Å²) in [4.78, 5) is 0. The first kappa shape index (κ1) is 11.1. The molecule has 2 aromatic heterocycles. The summed E-state index contributed by atoms with van der Waals surface area (Å²) < 4.78 is 8.17. The van der Waals surface area contributed by atoms with Gasteiger partial charge >= 0.3 is 0 Å². The molecule has 0 saturated heterocycles. The lowest BCUT2D eigenvalue weighted by atomic mass is 10.1. The van der Waals surface area contributed by atoms with Gasteiger partial charge in [0.2, 0.25) is 0 Å². The first-order chi connectivity index (χ1) is 7.50. The van der Waals surface area contributed by atoms with Crippen molar-refractivity contribution in [3.8, 4) is 0 Å². The summed E-state index contributed by atoms with van der Waals surface area (Å²) >= 11 is 5.21. The van der Waals surface area contributed by atoms with Gasteiger partial charge in [-0.05, 0) is 46.0 Å². The molecule has 5 heteroatoms. The number of hydrogen-bond donors (Lipinski definition) is 1. The molecule has 0 saturated carbocycles. The van der Waals surface area contributed by atoms with E-state index in [0.29, 0.717) is 4.77 Å². The van der Waals surface area contributed by atoms with Gasteiger partial charge in [0.25, 0.3) is 0 Å². The lowest BCUT2D eigenvalue weighted by Gasteiger charge is -2.13. The number of H-pyrrole nitrogens is 1. The molecule has 4 nitrogen and oxygen atoms in total. The van der Waals surface area contributed by atoms with Gasteiger partial charge in [0.05, 0.1) is 6.04 Å². The van der Waals surface area contributed by atoms with Gasteiger partial charge < -0.3 is 4.42 Å². The molecule has 0 radical (unpaired) electrons. The van der Waals surface area contributed by atoms with Crippen molar-refractivity contribution < 1.29 is 4.42 Å². The molecule has 0 aliphatic carbocycles. The number of aromatic nitrogens is 3. The average Bonchev–Trinajstić information content (AvgIpc) is 2.70. The highest BCUT2D eigenvalue weighted by molar-refractivity contribution is 7.71. The average molecular weight is 237 g/mol. The molecule has 1 N–H and O–H groups in total. The Bertz CT molecular complexity index is 564. The molecule has 2 rings (SSSR count). The predicted octanol–water partition coefficient (Wildman–Crippen LogP) is 3.07. The van der Waals surface area contributed by atoms with Crippen molar-refractivity contribution in [3.05, 3.63) is 33.7 Å². The van der Waals surface area contributed by atoms with Gasteiger partial charge in [-0.2, -0.15) is 5.10 Å². The van der Waals surface area contributed by atoms with Crippen molar-refractivity contribution in [2.75, 3.05) is 0 Å². The molecular weight excluding hydrogens is 222 g/mol. The van der Waals surface area contributed by atoms with E-state index in [9.17, 15) is 0 Å². The van der Waals surface area contributed by atoms with E-state index in [1.165, 1.54) is 0 Å². The molecule has 0 spiro atoms. The van der Waals surface area contributed by atoms with Gasteiger partial charge in [-0.1, -0.05) is 0 Å². The highest BCUT2D eigenvalue weighted by Crippen LogP contribution is 2.25. The lowest BCUT2D eigenvalue weighted by Crippen LogP contribution is -2.09. The van der Waals surface area contributed by atoms with E-state index in [4.69, 9.17) is 16.6 Å². The van der Waals surface area contributed by atoms with E-state index in [-0.39, 0.29) is 6.04 Å². The minimum atomic E-state index is 0.142. The van der Waals surface area contributed by atoms with Crippen LogP contribution in [0.2, 0.25) is 0 Å². The van der Waals surface area contributed by atoms with Crippen molar-refractivity contribution in [1.29, 1.82) is 0 Å². The molecule has 86 valence electrons. The topological polar surface area (TPSA) is 46.8 Å². The number of nitrogens with one attached hydrogen (secondary N) is 1. The van der Waals surface area contributed by atoms with Gasteiger partial charge in [0, 0.05) is 5.56 Å². The van der Waals surface area contributed by atoms with E-state index in [2.05, 4.69) is 17.1 Å². The summed E-state index contributed by atoms with van der Waals surface area (Å²) in [6.07, 6.45) is 0. The van der Waals surface area contributed by atoms with Crippen LogP contribution < -0.4 is 0 Å². The number of hydrogen-bond acceptors (Lipinski definition) is 3. The standard InChI is InChI=1S/C11H15N3OS/c1-6-5-10(8(3)15-6)7(2)14-9(4)12-13-11(14)16/h5,7H,1-4H3,(H,13,16). The third kappa shape index (κ3) is 1.71. The molecule has 2 aromatic rings. The smallest absolute Gasteiger partial charge is 0.195 e. The zero-order valence-electron chi connectivity index (χ0n) is 9.87. The van der Waals surface area contributed by atoms with E-state index >= 15 is 0 Å². The number of aryl methyl sites for hydroxylation is 3. The first-order valence-electron chi connectivity index (χ1n) is 5.21. The molecule has 0 bridgehead atoms. The Balaban J connectivity index is 2.51. The van der Waals surface area contributed by atoms with Crippen LogP contribution in [-0.4, -0.2) is 14.8 Å². The molecule has 0 aromatic carbocycles. The summed E-state index contributed by atoms with van der Waals surface area (Å²) in [5.74, 6) is 2.75. The fourth-order valence-corrected chi connectivity index (χ4v) is 2.38. The number of aromatic amines is 1. The Morgan fingerprint density at radius 3 is 2.56 bits per heavy atom. The number of furan rings is 1. The van der Waals surface area contributed by atoms with Crippen molar-refractivity contribution >= 4 is 12.2 Å². The van der Waals surface area contributed by atoms with Crippen LogP contribution in [0.15, 0.2) is 10.5 Å². The fourth-order valence-electron chi connectivity index (χ4n) is 2.04. The zero-order chi connectivity index (χ0) is 11.9. The van der Waals surface area contributed by atoms with E-state index in [0.717, 1.165) is 22.9 Å². The maximum atomic E-state index is 5.54. The molecule has 1 atom stereocenters. The molecule has 2 heterocycles. The van der Waals surface area contributed by atoms with Crippen LogP contribution in [0.25, 0.3) is 0 Å². The summed E-state index contributed by atoms with van der Waals surface area (Å²) in [5, 5.41) is 6.91. The molecule has 0 fully saturated rings. The van der Waals surface area contributed by atoms with Crippen LogP contribution in [0.4, 0.5) is 0 Å². The third-order valence-corrected chi connectivity index (χ3v) is 3.09. The van der Waals surface area contributed by atoms with Crippen molar-refractivity contribution in [2.24, 2.45) is 0 Å². The van der Waals surface area contributed by atoms with Crippen LogP contribution in [0.1, 0.15) is 35.9 Å². The maximum absolute atomic E-state index is 5.54. The Labute approximate surface area is 99.3 Å². The molecule has 0 aliphatic heterocycles. The van der Waals surface area contributed by atoms with Crippen molar-refractivity contribution in [2.45, 2.75) is 33.7 Å². The Morgan fingerprint density at radius 1 is 1.44 bits per heavy atom. The highest BCUT2D eigenvalue weighted by atomic mass is 32.1. The van der Waals surface area contributed by atoms with Crippen LogP contribution >= 0.6 is 12.2 Å². The van der Waals surface area contributed by atoms with Crippen molar-refractivity contribution in [3.63, 3.8) is 0 Å². The molecule has 0 amide bonds. The quantitative estimate of drug-likeness (QED) is 0.816. The van der Waals surface area contributed by atoms with Crippen LogP contribution in [0, 0.1) is 25.5 Å². The highest BCUT2D eigenvalue weighted by Gasteiger charge is 2.16. The monoisotopic (exact) mass is 237 g/mol. The summed E-state index contributed by atoms with van der Waals surface area (Å²) in [6.45, 7) is 7.95. The second-order valence-electron chi connectivity index (χ2n) is 3.99. The molecule has 1 unspecified atom stereocenters. The SMILES string of the molecule is Cc1cc(C(C)n2c(C)n[nH]c2=S)c(C)o1. The maximum Gasteiger partial charge on any atom is 0.195 e. The Hall–Kier alpha value is -1.36. The largest absolute Gasteiger partial charge is 0.466 e. The number of rotatable bonds is 2. The van der Waals surface area contributed by atoms with Crippen LogP contribution in [-0.2, 0) is 0 Å². The van der Waals surface area contributed by atoms with Gasteiger partial charge in [0.15, 0.2) is 4.77 Å². The summed E-state index contributed by atoms with van der Waals surface area (Å²) in [6, 6.07) is 2.19. The summed E-state index contributed by atoms with van der Waals surface area (Å²) in [5.41, 5.74) is 1.15. The Kier molecular flexibility index (Phi) is 2.71. The first-order valence-corrected chi connectivity index (χ1v) is 5.62. The van der Waals surface area contributed by atoms with Crippen molar-refractivity contribution in [1.82, 2.24) is 14.8 Å². The minimum absolute atomic E-state index is 0.142. The lowest BCUT2D eigenvalue weighted by molar-refractivity contribution is 0.492. The Morgan fingerprint density at radius 2 is 2.12 bits per heavy atom. The van der Waals surface area contributed by atoms with E-state index < -0.39 is 0 Å². The second-order valence-corrected chi connectivity index (χ2v) is 4.38. The predicted molar refractivity (Wildman–Crippen MR) is 64.1 cm³/mol. The third-order valence-electron chi connectivity index (χ3n) is 2.80. The van der Waals surface area contributed by atoms with Crippen LogP contribution in [0.3, 0.4) is 0 Å². The minimum Gasteiger partial charge on any atom is -0.466 e. The van der Waals surface area contributed by atoms with Gasteiger partial charge in [-0.15, -0.1) is 0 Å². The van der Waals surface area contributed by atoms with Gasteiger partial charge in [0.1, 0.15) is 17.3 Å². The molecule has 0 aliphatic rings. The van der Waals surface area contributed by atoms with E-state index in [1.807, 2.05) is 31.4 Å². The second kappa shape index (κ2) is 3.90. The molecule has 16 heavy (non-hydrogen) atoms. The normalized spacial score (nSPS) is 13.0. The number of nitrogens with zero attached hydrogens (tertiary/aromatic N) is 2. The van der Waals surface area contributed by atoms with Gasteiger partial charge in [-0.25, -0.2) is 0 Å². The van der Waals surface area contributed by atoms with Gasteiger partial charge in [-0.3, -0.25) is 9.67 Å². The fraction of sp³-hybridized carbons (Fsp3) is 0.455. The molecular formula is C11H15N3OS. The zero-order valence-corrected chi connectivity index (χ0v) is 10.7. The van der Waals surface area contributed by atoms with Crippen LogP contribution in [0.5, 0.6) is 0 Å². The summed E-state index contributed by atoms with van der Waals surface area (Å²) in [7, 11) is 0. The van der Waals surface area contributed by atoms with E-state index in [1.54, 1.807) is 0 Å².